The summed E-state index contributed by atoms with van der Waals surface area (Å²) >= 11 is 0. The van der Waals surface area contributed by atoms with Gasteiger partial charge in [0.05, 0.1) is 26.3 Å². The van der Waals surface area contributed by atoms with E-state index in [9.17, 15) is 4.79 Å². The number of benzene rings is 1. The Morgan fingerprint density at radius 2 is 2.05 bits per heavy atom. The number of rotatable bonds is 8. The maximum atomic E-state index is 12.1. The van der Waals surface area contributed by atoms with Crippen LogP contribution < -0.4 is 20.5 Å². The molecule has 0 fully saturated rings. The summed E-state index contributed by atoms with van der Waals surface area (Å²) in [6, 6.07) is 4.85. The highest BCUT2D eigenvalue weighted by Crippen LogP contribution is 2.29. The second-order valence-corrected chi connectivity index (χ2v) is 5.09. The van der Waals surface area contributed by atoms with Gasteiger partial charge in [-0.3, -0.25) is 4.79 Å². The van der Waals surface area contributed by atoms with Gasteiger partial charge in [-0.25, -0.2) is 0 Å². The number of hydrogen-bond donors (Lipinski definition) is 2. The molecule has 118 valence electrons. The fourth-order valence-corrected chi connectivity index (χ4v) is 2.13. The third kappa shape index (κ3) is 4.93. The summed E-state index contributed by atoms with van der Waals surface area (Å²) in [5, 5.41) is 2.93. The average Bonchev–Trinajstić information content (AvgIpc) is 2.51. The van der Waals surface area contributed by atoms with E-state index in [0.29, 0.717) is 12.2 Å². The Morgan fingerprint density at radius 3 is 2.62 bits per heavy atom. The van der Waals surface area contributed by atoms with Gasteiger partial charge >= 0.3 is 0 Å². The van der Waals surface area contributed by atoms with E-state index in [-0.39, 0.29) is 11.9 Å². The summed E-state index contributed by atoms with van der Waals surface area (Å²) in [7, 11) is 3.21. The van der Waals surface area contributed by atoms with E-state index < -0.39 is 6.04 Å². The lowest BCUT2D eigenvalue weighted by molar-refractivity contribution is -0.123. The average molecular weight is 294 g/mol. The Morgan fingerprint density at radius 1 is 1.33 bits per heavy atom. The highest BCUT2D eigenvalue weighted by molar-refractivity contribution is 5.81. The topological polar surface area (TPSA) is 73.6 Å². The molecular weight excluding hydrogens is 268 g/mol. The first kappa shape index (κ1) is 17.3. The molecule has 0 aliphatic rings. The molecule has 0 saturated carbocycles. The van der Waals surface area contributed by atoms with Crippen LogP contribution in [0.4, 0.5) is 0 Å². The molecule has 1 aromatic rings. The minimum atomic E-state index is -0.469. The lowest BCUT2D eigenvalue weighted by Crippen LogP contribution is -2.41. The zero-order valence-electron chi connectivity index (χ0n) is 13.3. The number of nitrogens with one attached hydrogen (secondary N) is 1. The van der Waals surface area contributed by atoms with Crippen molar-refractivity contribution in [3.8, 4) is 11.5 Å². The largest absolute Gasteiger partial charge is 0.497 e. The van der Waals surface area contributed by atoms with Gasteiger partial charge in [0.2, 0.25) is 5.91 Å². The van der Waals surface area contributed by atoms with Gasteiger partial charge in [-0.2, -0.15) is 0 Å². The molecule has 1 aromatic carbocycles. The van der Waals surface area contributed by atoms with Crippen LogP contribution in [0.3, 0.4) is 0 Å². The van der Waals surface area contributed by atoms with Crippen LogP contribution in [-0.4, -0.2) is 26.2 Å². The Kier molecular flexibility index (Phi) is 7.02. The molecule has 0 heterocycles. The number of methoxy groups -OCH3 is 2. The second kappa shape index (κ2) is 8.52. The number of nitrogens with two attached hydrogens (primary N) is 1. The Balaban J connectivity index is 2.78. The van der Waals surface area contributed by atoms with Crippen LogP contribution in [0.5, 0.6) is 11.5 Å². The van der Waals surface area contributed by atoms with E-state index in [1.165, 1.54) is 0 Å². The van der Waals surface area contributed by atoms with E-state index in [4.69, 9.17) is 15.2 Å². The van der Waals surface area contributed by atoms with Crippen molar-refractivity contribution in [3.05, 3.63) is 23.8 Å². The van der Waals surface area contributed by atoms with E-state index in [1.54, 1.807) is 14.2 Å². The lowest BCUT2D eigenvalue weighted by Gasteiger charge is -2.20. The molecule has 0 saturated heterocycles. The highest BCUT2D eigenvalue weighted by Gasteiger charge is 2.19. The van der Waals surface area contributed by atoms with Crippen LogP contribution in [0, 0.1) is 0 Å². The molecule has 5 nitrogen and oxygen atoms in total. The fraction of sp³-hybridized carbons (Fsp3) is 0.562. The van der Waals surface area contributed by atoms with Gasteiger partial charge in [0.15, 0.2) is 0 Å². The van der Waals surface area contributed by atoms with Gasteiger partial charge in [-0.05, 0) is 31.5 Å². The van der Waals surface area contributed by atoms with Gasteiger partial charge < -0.3 is 20.5 Å². The number of amides is 1. The minimum absolute atomic E-state index is 0.138. The number of ether oxygens (including phenoxy) is 2. The standard InChI is InChI=1S/C16H26N2O3/c1-5-6-7-14(17)16(19)18-11(2)13-10-12(20-3)8-9-15(13)21-4/h8-11,14H,5-7,17H2,1-4H3,(H,18,19)/t11?,14-/m0/s1. The van der Waals surface area contributed by atoms with E-state index >= 15 is 0 Å². The second-order valence-electron chi connectivity index (χ2n) is 5.09. The quantitative estimate of drug-likeness (QED) is 0.772. The van der Waals surface area contributed by atoms with E-state index in [0.717, 1.165) is 24.2 Å². The highest BCUT2D eigenvalue weighted by atomic mass is 16.5. The van der Waals surface area contributed by atoms with Gasteiger partial charge in [0, 0.05) is 5.56 Å². The van der Waals surface area contributed by atoms with Crippen molar-refractivity contribution in [1.29, 1.82) is 0 Å². The van der Waals surface area contributed by atoms with Crippen LogP contribution in [-0.2, 0) is 4.79 Å². The molecular formula is C16H26N2O3. The summed E-state index contributed by atoms with van der Waals surface area (Å²) in [5.41, 5.74) is 6.76. The summed E-state index contributed by atoms with van der Waals surface area (Å²) in [6.45, 7) is 3.98. The van der Waals surface area contributed by atoms with Crippen molar-refractivity contribution in [2.24, 2.45) is 5.73 Å². The van der Waals surface area contributed by atoms with Gasteiger partial charge in [0.25, 0.3) is 0 Å². The van der Waals surface area contributed by atoms with Gasteiger partial charge in [-0.15, -0.1) is 0 Å². The first-order chi connectivity index (χ1) is 10.0. The van der Waals surface area contributed by atoms with E-state index in [2.05, 4.69) is 12.2 Å². The molecule has 3 N–H and O–H groups in total. The third-order valence-electron chi connectivity index (χ3n) is 3.47. The summed E-state index contributed by atoms with van der Waals surface area (Å²) in [6.07, 6.45) is 2.68. The normalized spacial score (nSPS) is 13.4. The molecule has 5 heteroatoms. The number of carbonyl (C=O) groups is 1. The first-order valence-electron chi connectivity index (χ1n) is 7.31. The number of hydrogen-bond acceptors (Lipinski definition) is 4. The van der Waals surface area contributed by atoms with Crippen molar-refractivity contribution >= 4 is 5.91 Å². The Hall–Kier alpha value is -1.75. The molecule has 0 spiro atoms. The molecule has 1 amide bonds. The van der Waals surface area contributed by atoms with Crippen molar-refractivity contribution in [1.82, 2.24) is 5.32 Å². The predicted molar refractivity (Wildman–Crippen MR) is 83.6 cm³/mol. The number of carbonyl (C=O) groups excluding carboxylic acids is 1. The van der Waals surface area contributed by atoms with Gasteiger partial charge in [-0.1, -0.05) is 19.8 Å². The van der Waals surface area contributed by atoms with Crippen molar-refractivity contribution in [3.63, 3.8) is 0 Å². The first-order valence-corrected chi connectivity index (χ1v) is 7.31. The fourth-order valence-electron chi connectivity index (χ4n) is 2.13. The summed E-state index contributed by atoms with van der Waals surface area (Å²) < 4.78 is 10.6. The van der Waals surface area contributed by atoms with Crippen LogP contribution in [0.2, 0.25) is 0 Å². The zero-order chi connectivity index (χ0) is 15.8. The molecule has 1 rings (SSSR count). The van der Waals surface area contributed by atoms with Gasteiger partial charge in [0.1, 0.15) is 11.5 Å². The smallest absolute Gasteiger partial charge is 0.237 e. The van der Waals surface area contributed by atoms with E-state index in [1.807, 2.05) is 25.1 Å². The molecule has 0 bridgehead atoms. The molecule has 0 aliphatic carbocycles. The molecule has 2 atom stereocenters. The molecule has 0 aliphatic heterocycles. The summed E-state index contributed by atoms with van der Waals surface area (Å²) in [4.78, 5) is 12.1. The van der Waals surface area contributed by atoms with Crippen LogP contribution in [0.15, 0.2) is 18.2 Å². The van der Waals surface area contributed by atoms with Crippen molar-refractivity contribution in [2.75, 3.05) is 14.2 Å². The summed E-state index contributed by atoms with van der Waals surface area (Å²) in [5.74, 6) is 1.30. The Labute approximate surface area is 126 Å². The zero-order valence-corrected chi connectivity index (χ0v) is 13.3. The maximum absolute atomic E-state index is 12.1. The predicted octanol–water partition coefficient (Wildman–Crippen LogP) is 2.40. The SMILES string of the molecule is CCCC[C@H](N)C(=O)NC(C)c1cc(OC)ccc1OC. The Bertz CT molecular complexity index is 463. The van der Waals surface area contributed by atoms with Crippen LogP contribution in [0.1, 0.15) is 44.7 Å². The van der Waals surface area contributed by atoms with Crippen LogP contribution >= 0.6 is 0 Å². The van der Waals surface area contributed by atoms with Crippen molar-refractivity contribution < 1.29 is 14.3 Å². The molecule has 21 heavy (non-hydrogen) atoms. The van der Waals surface area contributed by atoms with Crippen LogP contribution in [0.25, 0.3) is 0 Å². The molecule has 0 radical (unpaired) electrons. The monoisotopic (exact) mass is 294 g/mol. The molecule has 0 aromatic heterocycles. The maximum Gasteiger partial charge on any atom is 0.237 e. The molecule has 1 unspecified atom stereocenters. The minimum Gasteiger partial charge on any atom is -0.497 e. The number of unbranched alkanes of at least 4 members (excludes halogenated alkanes) is 1. The lowest BCUT2D eigenvalue weighted by atomic mass is 10.0. The van der Waals surface area contributed by atoms with Crippen molar-refractivity contribution in [2.45, 2.75) is 45.2 Å². The third-order valence-corrected chi connectivity index (χ3v) is 3.47.